The van der Waals surface area contributed by atoms with Crippen LogP contribution in [0.1, 0.15) is 31.2 Å². The van der Waals surface area contributed by atoms with Crippen molar-refractivity contribution < 1.29 is 26.7 Å². The van der Waals surface area contributed by atoms with Crippen LogP contribution in [0.4, 0.5) is 22.0 Å². The Morgan fingerprint density at radius 2 is 1.91 bits per heavy atom. The molecule has 1 aromatic carbocycles. The van der Waals surface area contributed by atoms with Crippen LogP contribution in [0.25, 0.3) is 0 Å². The van der Waals surface area contributed by atoms with E-state index in [4.69, 9.17) is 0 Å². The molecule has 1 heterocycles. The first-order valence-corrected chi connectivity index (χ1v) is 6.98. The van der Waals surface area contributed by atoms with Crippen molar-refractivity contribution in [1.29, 1.82) is 0 Å². The molecule has 2 atom stereocenters. The van der Waals surface area contributed by atoms with Crippen LogP contribution < -0.4 is 0 Å². The molecule has 2 rings (SSSR count). The number of alkyl halides is 3. The fourth-order valence-electron chi connectivity index (χ4n) is 2.78. The predicted octanol–water partition coefficient (Wildman–Crippen LogP) is 3.87. The highest BCUT2D eigenvalue weighted by atomic mass is 19.4. The first-order chi connectivity index (χ1) is 10.2. The van der Waals surface area contributed by atoms with E-state index in [9.17, 15) is 26.7 Å². The van der Waals surface area contributed by atoms with Gasteiger partial charge in [-0.05, 0) is 24.5 Å². The topological polar surface area (TPSA) is 20.3 Å². The predicted molar refractivity (Wildman–Crippen MR) is 70.1 cm³/mol. The molecule has 1 saturated heterocycles. The van der Waals surface area contributed by atoms with Crippen molar-refractivity contribution in [3.05, 3.63) is 35.4 Å². The maximum atomic E-state index is 13.9. The Morgan fingerprint density at radius 1 is 1.23 bits per heavy atom. The zero-order valence-electron chi connectivity index (χ0n) is 12.0. The SMILES string of the molecule is C[C@@H]1CC[C@@H](c2cccc(F)c2F)CN(CC(F)(F)F)C1=O. The Kier molecular flexibility index (Phi) is 4.72. The van der Waals surface area contributed by atoms with Gasteiger partial charge in [0.25, 0.3) is 0 Å². The number of hydrogen-bond donors (Lipinski definition) is 0. The average molecular weight is 321 g/mol. The summed E-state index contributed by atoms with van der Waals surface area (Å²) in [5, 5.41) is 0. The number of rotatable bonds is 2. The van der Waals surface area contributed by atoms with Gasteiger partial charge in [-0.1, -0.05) is 19.1 Å². The van der Waals surface area contributed by atoms with Gasteiger partial charge in [0.05, 0.1) is 0 Å². The smallest absolute Gasteiger partial charge is 0.333 e. The Labute approximate surface area is 124 Å². The van der Waals surface area contributed by atoms with Gasteiger partial charge >= 0.3 is 6.18 Å². The van der Waals surface area contributed by atoms with Gasteiger partial charge in [-0.3, -0.25) is 4.79 Å². The monoisotopic (exact) mass is 321 g/mol. The van der Waals surface area contributed by atoms with Gasteiger partial charge < -0.3 is 4.90 Å². The molecule has 1 aliphatic rings. The molecule has 0 N–H and O–H groups in total. The molecule has 7 heteroatoms. The lowest BCUT2D eigenvalue weighted by Gasteiger charge is -2.27. The number of carbonyl (C=O) groups is 1. The standard InChI is InChI=1S/C15H16F5NO/c1-9-5-6-10(11-3-2-4-12(16)13(11)17)7-21(14(9)22)8-15(18,19)20/h2-4,9-10H,5-8H2,1H3/t9-,10-/m1/s1. The molecule has 0 bridgehead atoms. The second-order valence-corrected chi connectivity index (χ2v) is 5.65. The quantitative estimate of drug-likeness (QED) is 0.757. The van der Waals surface area contributed by atoms with Crippen molar-refractivity contribution in [1.82, 2.24) is 4.90 Å². The van der Waals surface area contributed by atoms with Crippen LogP contribution in [-0.2, 0) is 4.79 Å². The summed E-state index contributed by atoms with van der Waals surface area (Å²) >= 11 is 0. The normalized spacial score (nSPS) is 23.5. The molecule has 0 radical (unpaired) electrons. The third-order valence-electron chi connectivity index (χ3n) is 3.91. The number of likely N-dealkylation sites (tertiary alicyclic amines) is 1. The van der Waals surface area contributed by atoms with E-state index in [0.29, 0.717) is 17.7 Å². The van der Waals surface area contributed by atoms with Crippen molar-refractivity contribution >= 4 is 5.91 Å². The molecule has 0 saturated carbocycles. The van der Waals surface area contributed by atoms with E-state index >= 15 is 0 Å². The molecular formula is C15H16F5NO. The van der Waals surface area contributed by atoms with Gasteiger partial charge in [-0.15, -0.1) is 0 Å². The molecule has 1 aliphatic heterocycles. The van der Waals surface area contributed by atoms with Gasteiger partial charge in [-0.2, -0.15) is 13.2 Å². The number of halogens is 5. The highest BCUT2D eigenvalue weighted by molar-refractivity contribution is 5.79. The van der Waals surface area contributed by atoms with Crippen LogP contribution in [0.15, 0.2) is 18.2 Å². The average Bonchev–Trinajstić information content (AvgIpc) is 2.54. The van der Waals surface area contributed by atoms with E-state index in [1.54, 1.807) is 6.92 Å². The summed E-state index contributed by atoms with van der Waals surface area (Å²) in [5.74, 6) is -3.91. The van der Waals surface area contributed by atoms with E-state index in [0.717, 1.165) is 6.07 Å². The zero-order valence-corrected chi connectivity index (χ0v) is 12.0. The number of nitrogens with zero attached hydrogens (tertiary/aromatic N) is 1. The van der Waals surface area contributed by atoms with Crippen molar-refractivity contribution in [3.8, 4) is 0 Å². The highest BCUT2D eigenvalue weighted by Gasteiger charge is 2.38. The van der Waals surface area contributed by atoms with Crippen LogP contribution in [0, 0.1) is 17.6 Å². The molecule has 0 aliphatic carbocycles. The van der Waals surface area contributed by atoms with E-state index in [-0.39, 0.29) is 12.1 Å². The first-order valence-electron chi connectivity index (χ1n) is 6.98. The minimum Gasteiger partial charge on any atom is -0.333 e. The fraction of sp³-hybridized carbons (Fsp3) is 0.533. The molecule has 1 fully saturated rings. The maximum absolute atomic E-state index is 13.9. The fourth-order valence-corrected chi connectivity index (χ4v) is 2.78. The molecular weight excluding hydrogens is 305 g/mol. The van der Waals surface area contributed by atoms with Gasteiger partial charge in [0.15, 0.2) is 11.6 Å². The van der Waals surface area contributed by atoms with Gasteiger partial charge in [0.2, 0.25) is 5.91 Å². The van der Waals surface area contributed by atoms with Crippen LogP contribution >= 0.6 is 0 Å². The summed E-state index contributed by atoms with van der Waals surface area (Å²) in [7, 11) is 0. The largest absolute Gasteiger partial charge is 0.406 e. The van der Waals surface area contributed by atoms with Crippen LogP contribution in [0.2, 0.25) is 0 Å². The molecule has 0 aromatic heterocycles. The molecule has 1 amide bonds. The lowest BCUT2D eigenvalue weighted by Crippen LogP contribution is -2.42. The molecule has 122 valence electrons. The number of amides is 1. The third-order valence-corrected chi connectivity index (χ3v) is 3.91. The number of benzene rings is 1. The Bertz CT molecular complexity index is 557. The molecule has 0 unspecified atom stereocenters. The second kappa shape index (κ2) is 6.22. The third kappa shape index (κ3) is 3.75. The van der Waals surface area contributed by atoms with Crippen molar-refractivity contribution in [2.24, 2.45) is 5.92 Å². The van der Waals surface area contributed by atoms with Crippen molar-refractivity contribution in [2.75, 3.05) is 13.1 Å². The Morgan fingerprint density at radius 3 is 2.55 bits per heavy atom. The van der Waals surface area contributed by atoms with E-state index in [1.807, 2.05) is 0 Å². The van der Waals surface area contributed by atoms with Crippen LogP contribution in [0.3, 0.4) is 0 Å². The summed E-state index contributed by atoms with van der Waals surface area (Å²) in [6.07, 6.45) is -3.85. The summed E-state index contributed by atoms with van der Waals surface area (Å²) in [6, 6.07) is 3.63. The van der Waals surface area contributed by atoms with Gasteiger partial charge in [0, 0.05) is 18.4 Å². The first kappa shape index (κ1) is 16.7. The van der Waals surface area contributed by atoms with Crippen molar-refractivity contribution in [3.63, 3.8) is 0 Å². The molecule has 0 spiro atoms. The summed E-state index contributed by atoms with van der Waals surface area (Å²) in [5.41, 5.74) is 0.0223. The van der Waals surface area contributed by atoms with E-state index in [2.05, 4.69) is 0 Å². The lowest BCUT2D eigenvalue weighted by atomic mass is 9.92. The van der Waals surface area contributed by atoms with Gasteiger partial charge in [-0.25, -0.2) is 8.78 Å². The van der Waals surface area contributed by atoms with Crippen molar-refractivity contribution in [2.45, 2.75) is 31.9 Å². The van der Waals surface area contributed by atoms with Crippen LogP contribution in [-0.4, -0.2) is 30.1 Å². The Balaban J connectivity index is 2.29. The summed E-state index contributed by atoms with van der Waals surface area (Å²) in [6.45, 7) is -0.0807. The summed E-state index contributed by atoms with van der Waals surface area (Å²) < 4.78 is 65.1. The number of carbonyl (C=O) groups excluding carboxylic acids is 1. The minimum absolute atomic E-state index is 0.0223. The molecule has 2 nitrogen and oxygen atoms in total. The zero-order chi connectivity index (χ0) is 16.5. The lowest BCUT2D eigenvalue weighted by molar-refractivity contribution is -0.163. The number of hydrogen-bond acceptors (Lipinski definition) is 1. The van der Waals surface area contributed by atoms with E-state index < -0.39 is 42.1 Å². The van der Waals surface area contributed by atoms with E-state index in [1.165, 1.54) is 12.1 Å². The van der Waals surface area contributed by atoms with Gasteiger partial charge in [0.1, 0.15) is 6.54 Å². The Hall–Kier alpha value is -1.66. The molecule has 22 heavy (non-hydrogen) atoms. The van der Waals surface area contributed by atoms with Crippen LogP contribution in [0.5, 0.6) is 0 Å². The summed E-state index contributed by atoms with van der Waals surface area (Å²) in [4.78, 5) is 12.7. The molecule has 1 aromatic rings. The second-order valence-electron chi connectivity index (χ2n) is 5.65. The maximum Gasteiger partial charge on any atom is 0.406 e. The highest BCUT2D eigenvalue weighted by Crippen LogP contribution is 2.32. The minimum atomic E-state index is -4.52.